The molecule has 1 aromatic rings. The van der Waals surface area contributed by atoms with Gasteiger partial charge in [0.25, 0.3) is 0 Å². The van der Waals surface area contributed by atoms with Gasteiger partial charge in [0.15, 0.2) is 0 Å². The Kier molecular flexibility index (Phi) is 3.72. The Hall–Kier alpha value is -1.51. The van der Waals surface area contributed by atoms with E-state index in [2.05, 4.69) is 23.5 Å². The molecule has 2 aliphatic rings. The summed E-state index contributed by atoms with van der Waals surface area (Å²) in [7, 11) is 0. The Morgan fingerprint density at radius 2 is 2.05 bits per heavy atom. The number of likely N-dealkylation sites (tertiary alicyclic amines) is 1. The molecular formula is C16H22N2O. The first-order valence-corrected chi connectivity index (χ1v) is 7.46. The smallest absolute Gasteiger partial charge is 0.222 e. The Balaban J connectivity index is 1.55. The van der Waals surface area contributed by atoms with Crippen molar-refractivity contribution in [2.75, 3.05) is 25.0 Å². The van der Waals surface area contributed by atoms with Gasteiger partial charge in [0.05, 0.1) is 0 Å². The zero-order valence-corrected chi connectivity index (χ0v) is 11.5. The van der Waals surface area contributed by atoms with Crippen molar-refractivity contribution in [3.05, 3.63) is 29.3 Å². The maximum Gasteiger partial charge on any atom is 0.222 e. The maximum atomic E-state index is 12.1. The van der Waals surface area contributed by atoms with Gasteiger partial charge < -0.3 is 10.2 Å². The van der Waals surface area contributed by atoms with Gasteiger partial charge in [-0.3, -0.25) is 4.79 Å². The molecule has 19 heavy (non-hydrogen) atoms. The molecule has 0 spiro atoms. The first-order chi connectivity index (χ1) is 9.33. The predicted molar refractivity (Wildman–Crippen MR) is 77.4 cm³/mol. The first-order valence-electron chi connectivity index (χ1n) is 7.46. The quantitative estimate of drug-likeness (QED) is 0.904. The van der Waals surface area contributed by atoms with Gasteiger partial charge in [0.1, 0.15) is 0 Å². The Bertz CT molecular complexity index is 464. The second-order valence-electron chi connectivity index (χ2n) is 5.61. The van der Waals surface area contributed by atoms with E-state index in [9.17, 15) is 4.79 Å². The van der Waals surface area contributed by atoms with E-state index in [0.29, 0.717) is 12.3 Å². The summed E-state index contributed by atoms with van der Waals surface area (Å²) in [6.07, 6.45) is 6.27. The maximum absolute atomic E-state index is 12.1. The van der Waals surface area contributed by atoms with Crippen molar-refractivity contribution in [2.45, 2.75) is 38.5 Å². The van der Waals surface area contributed by atoms with Crippen molar-refractivity contribution in [3.8, 4) is 0 Å². The molecule has 0 saturated carbocycles. The normalized spacial score (nSPS) is 18.0. The number of amides is 1. The van der Waals surface area contributed by atoms with Gasteiger partial charge in [-0.25, -0.2) is 0 Å². The van der Waals surface area contributed by atoms with Gasteiger partial charge in [-0.1, -0.05) is 12.1 Å². The molecule has 1 N–H and O–H groups in total. The molecule has 0 bridgehead atoms. The minimum absolute atomic E-state index is 0.327. The number of benzene rings is 1. The number of aryl methyl sites for hydroxylation is 1. The van der Waals surface area contributed by atoms with E-state index in [1.165, 1.54) is 36.1 Å². The standard InChI is InChI=1S/C16H22N2O/c19-16(18-10-2-1-3-11-18)7-5-13-4-6-14-8-9-17-15(14)12-13/h4,6,12,17H,1-3,5,7-11H2. The summed E-state index contributed by atoms with van der Waals surface area (Å²) in [5, 5.41) is 3.40. The Morgan fingerprint density at radius 3 is 2.89 bits per heavy atom. The van der Waals surface area contributed by atoms with Crippen LogP contribution in [0.15, 0.2) is 18.2 Å². The van der Waals surface area contributed by atoms with E-state index in [-0.39, 0.29) is 0 Å². The largest absolute Gasteiger partial charge is 0.384 e. The van der Waals surface area contributed by atoms with E-state index < -0.39 is 0 Å². The van der Waals surface area contributed by atoms with Crippen molar-refractivity contribution < 1.29 is 4.79 Å². The SMILES string of the molecule is O=C(CCc1ccc2c(c1)NCC2)N1CCCCC1. The number of carbonyl (C=O) groups excluding carboxylic acids is 1. The highest BCUT2D eigenvalue weighted by Gasteiger charge is 2.16. The van der Waals surface area contributed by atoms with Gasteiger partial charge in [0.2, 0.25) is 5.91 Å². The van der Waals surface area contributed by atoms with Gasteiger partial charge in [-0.05, 0) is 49.3 Å². The van der Waals surface area contributed by atoms with Crippen molar-refractivity contribution >= 4 is 11.6 Å². The van der Waals surface area contributed by atoms with E-state index in [1.54, 1.807) is 0 Å². The molecule has 0 aromatic heterocycles. The van der Waals surface area contributed by atoms with E-state index >= 15 is 0 Å². The summed E-state index contributed by atoms with van der Waals surface area (Å²) >= 11 is 0. The lowest BCUT2D eigenvalue weighted by molar-refractivity contribution is -0.132. The molecule has 0 radical (unpaired) electrons. The van der Waals surface area contributed by atoms with E-state index in [0.717, 1.165) is 32.5 Å². The minimum Gasteiger partial charge on any atom is -0.384 e. The van der Waals surface area contributed by atoms with Crippen molar-refractivity contribution in [1.82, 2.24) is 4.90 Å². The van der Waals surface area contributed by atoms with Crippen LogP contribution in [0, 0.1) is 0 Å². The molecular weight excluding hydrogens is 236 g/mol. The lowest BCUT2D eigenvalue weighted by atomic mass is 10.0. The van der Waals surface area contributed by atoms with Crippen molar-refractivity contribution in [1.29, 1.82) is 0 Å². The second-order valence-corrected chi connectivity index (χ2v) is 5.61. The van der Waals surface area contributed by atoms with Crippen LogP contribution >= 0.6 is 0 Å². The number of carbonyl (C=O) groups is 1. The second kappa shape index (κ2) is 5.64. The molecule has 2 aliphatic heterocycles. The van der Waals surface area contributed by atoms with Crippen LogP contribution in [-0.2, 0) is 17.6 Å². The summed E-state index contributed by atoms with van der Waals surface area (Å²) in [5.41, 5.74) is 3.95. The summed E-state index contributed by atoms with van der Waals surface area (Å²) in [5.74, 6) is 0.327. The molecule has 102 valence electrons. The highest BCUT2D eigenvalue weighted by molar-refractivity contribution is 5.76. The molecule has 0 atom stereocenters. The lowest BCUT2D eigenvalue weighted by Gasteiger charge is -2.26. The molecule has 0 unspecified atom stereocenters. The zero-order valence-electron chi connectivity index (χ0n) is 11.5. The molecule has 0 aliphatic carbocycles. The first kappa shape index (κ1) is 12.5. The third-order valence-corrected chi connectivity index (χ3v) is 4.22. The fourth-order valence-electron chi connectivity index (χ4n) is 3.05. The summed E-state index contributed by atoms with van der Waals surface area (Å²) in [4.78, 5) is 14.2. The van der Waals surface area contributed by atoms with Crippen molar-refractivity contribution in [3.63, 3.8) is 0 Å². The number of nitrogens with zero attached hydrogens (tertiary/aromatic N) is 1. The Morgan fingerprint density at radius 1 is 1.21 bits per heavy atom. The molecule has 3 heteroatoms. The summed E-state index contributed by atoms with van der Waals surface area (Å²) < 4.78 is 0. The van der Waals surface area contributed by atoms with E-state index in [4.69, 9.17) is 0 Å². The van der Waals surface area contributed by atoms with Crippen LogP contribution in [0.4, 0.5) is 5.69 Å². The number of anilines is 1. The number of fused-ring (bicyclic) bond motifs is 1. The van der Waals surface area contributed by atoms with Crippen molar-refractivity contribution in [2.24, 2.45) is 0 Å². The number of nitrogens with one attached hydrogen (secondary N) is 1. The van der Waals surface area contributed by atoms with E-state index in [1.807, 2.05) is 4.90 Å². The van der Waals surface area contributed by atoms with Crippen LogP contribution < -0.4 is 5.32 Å². The summed E-state index contributed by atoms with van der Waals surface area (Å²) in [6.45, 7) is 2.97. The monoisotopic (exact) mass is 258 g/mol. The average molecular weight is 258 g/mol. The lowest BCUT2D eigenvalue weighted by Crippen LogP contribution is -2.35. The highest BCUT2D eigenvalue weighted by Crippen LogP contribution is 2.24. The number of hydrogen-bond acceptors (Lipinski definition) is 2. The molecule has 1 amide bonds. The molecule has 1 aromatic carbocycles. The molecule has 3 nitrogen and oxygen atoms in total. The van der Waals surface area contributed by atoms with Crippen LogP contribution in [-0.4, -0.2) is 30.4 Å². The third-order valence-electron chi connectivity index (χ3n) is 4.22. The van der Waals surface area contributed by atoms with Crippen LogP contribution in [0.2, 0.25) is 0 Å². The number of rotatable bonds is 3. The predicted octanol–water partition coefficient (Wildman–Crippen LogP) is 2.60. The third kappa shape index (κ3) is 2.91. The fourth-order valence-corrected chi connectivity index (χ4v) is 3.05. The zero-order chi connectivity index (χ0) is 13.1. The van der Waals surface area contributed by atoms with Gasteiger partial charge >= 0.3 is 0 Å². The topological polar surface area (TPSA) is 32.3 Å². The van der Waals surface area contributed by atoms with Crippen LogP contribution in [0.3, 0.4) is 0 Å². The number of hydrogen-bond donors (Lipinski definition) is 1. The molecule has 1 saturated heterocycles. The van der Waals surface area contributed by atoms with Crippen LogP contribution in [0.5, 0.6) is 0 Å². The van der Waals surface area contributed by atoms with Crippen LogP contribution in [0.1, 0.15) is 36.8 Å². The fraction of sp³-hybridized carbons (Fsp3) is 0.562. The Labute approximate surface area is 115 Å². The summed E-state index contributed by atoms with van der Waals surface area (Å²) in [6, 6.07) is 6.59. The molecule has 1 fully saturated rings. The minimum atomic E-state index is 0.327. The van der Waals surface area contributed by atoms with Gasteiger partial charge in [-0.2, -0.15) is 0 Å². The average Bonchev–Trinajstić information content (AvgIpc) is 2.93. The number of piperidine rings is 1. The highest BCUT2D eigenvalue weighted by atomic mass is 16.2. The molecule has 2 heterocycles. The molecule has 3 rings (SSSR count). The van der Waals surface area contributed by atoms with Gasteiger partial charge in [0, 0.05) is 31.7 Å². The van der Waals surface area contributed by atoms with Crippen LogP contribution in [0.25, 0.3) is 0 Å². The van der Waals surface area contributed by atoms with Gasteiger partial charge in [-0.15, -0.1) is 0 Å².